The van der Waals surface area contributed by atoms with Gasteiger partial charge in [-0.2, -0.15) is 13.2 Å². The van der Waals surface area contributed by atoms with Crippen LogP contribution in [0.2, 0.25) is 5.02 Å². The normalized spacial score (nSPS) is 15.3. The van der Waals surface area contributed by atoms with Crippen molar-refractivity contribution >= 4 is 28.9 Å². The number of halogens is 4. The number of amides is 1. The molecule has 0 aliphatic carbocycles. The van der Waals surface area contributed by atoms with E-state index in [0.717, 1.165) is 43.8 Å². The molecule has 1 aliphatic heterocycles. The van der Waals surface area contributed by atoms with E-state index in [4.69, 9.17) is 11.6 Å². The molecule has 3 rings (SSSR count). The Labute approximate surface area is 160 Å². The molecule has 1 saturated heterocycles. The quantitative estimate of drug-likeness (QED) is 0.755. The number of rotatable bonds is 3. The van der Waals surface area contributed by atoms with Crippen molar-refractivity contribution in [1.29, 1.82) is 0 Å². The smallest absolute Gasteiger partial charge is 0.370 e. The predicted octanol–water partition coefficient (Wildman–Crippen LogP) is 5.39. The van der Waals surface area contributed by atoms with Crippen molar-refractivity contribution in [2.45, 2.75) is 31.9 Å². The minimum absolute atomic E-state index is 0.0508. The lowest BCUT2D eigenvalue weighted by Gasteiger charge is -2.22. The Morgan fingerprint density at radius 1 is 1.07 bits per heavy atom. The number of nitrogens with zero attached hydrogens (tertiary/aromatic N) is 2. The maximum Gasteiger partial charge on any atom is 0.418 e. The van der Waals surface area contributed by atoms with Crippen molar-refractivity contribution < 1.29 is 18.0 Å². The highest BCUT2D eigenvalue weighted by Crippen LogP contribution is 2.36. The van der Waals surface area contributed by atoms with Crippen LogP contribution in [0.25, 0.3) is 0 Å². The van der Waals surface area contributed by atoms with E-state index in [1.54, 1.807) is 12.3 Å². The fourth-order valence-corrected chi connectivity index (χ4v) is 3.28. The van der Waals surface area contributed by atoms with Crippen LogP contribution in [0.1, 0.15) is 41.6 Å². The van der Waals surface area contributed by atoms with E-state index in [1.165, 1.54) is 25.1 Å². The number of hydrogen-bond acceptors (Lipinski definition) is 3. The van der Waals surface area contributed by atoms with Crippen LogP contribution in [0, 0.1) is 0 Å². The van der Waals surface area contributed by atoms with Gasteiger partial charge < -0.3 is 10.2 Å². The summed E-state index contributed by atoms with van der Waals surface area (Å²) >= 11 is 5.67. The summed E-state index contributed by atoms with van der Waals surface area (Å²) in [6.07, 6.45) is 2.86. The number of carbonyl (C=O) groups is 1. The molecule has 2 aromatic rings. The number of alkyl halides is 3. The third-order valence-electron chi connectivity index (χ3n) is 4.49. The van der Waals surface area contributed by atoms with Gasteiger partial charge in [-0.25, -0.2) is 0 Å². The van der Waals surface area contributed by atoms with Gasteiger partial charge in [-0.1, -0.05) is 24.4 Å². The zero-order valence-corrected chi connectivity index (χ0v) is 15.3. The number of pyridine rings is 1. The van der Waals surface area contributed by atoms with Crippen molar-refractivity contribution in [1.82, 2.24) is 4.98 Å². The van der Waals surface area contributed by atoms with Gasteiger partial charge in [-0.3, -0.25) is 9.78 Å². The number of aromatic nitrogens is 1. The SMILES string of the molecule is O=C(Nc1ccc(Cl)cc1C(F)(F)F)c1cncc(N2CCCCCC2)c1. The predicted molar refractivity (Wildman–Crippen MR) is 99.3 cm³/mol. The van der Waals surface area contributed by atoms with Gasteiger partial charge >= 0.3 is 6.18 Å². The first kappa shape index (κ1) is 19.5. The van der Waals surface area contributed by atoms with Gasteiger partial charge in [-0.15, -0.1) is 0 Å². The van der Waals surface area contributed by atoms with E-state index >= 15 is 0 Å². The van der Waals surface area contributed by atoms with Crippen LogP contribution in [0.4, 0.5) is 24.5 Å². The molecule has 1 aliphatic rings. The molecule has 4 nitrogen and oxygen atoms in total. The second-order valence-corrected chi connectivity index (χ2v) is 6.91. The number of anilines is 2. The van der Waals surface area contributed by atoms with Gasteiger partial charge in [0.15, 0.2) is 0 Å². The fraction of sp³-hybridized carbons (Fsp3) is 0.368. The van der Waals surface area contributed by atoms with Crippen molar-refractivity contribution in [3.8, 4) is 0 Å². The van der Waals surface area contributed by atoms with Crippen LogP contribution < -0.4 is 10.2 Å². The van der Waals surface area contributed by atoms with Crippen molar-refractivity contribution in [2.75, 3.05) is 23.3 Å². The molecule has 0 bridgehead atoms. The highest BCUT2D eigenvalue weighted by Gasteiger charge is 2.34. The molecule has 1 fully saturated rings. The molecule has 0 unspecified atom stereocenters. The second-order valence-electron chi connectivity index (χ2n) is 6.47. The Kier molecular flexibility index (Phi) is 5.89. The molecule has 1 aromatic carbocycles. The fourth-order valence-electron chi connectivity index (χ4n) is 3.11. The molecule has 1 amide bonds. The Hall–Kier alpha value is -2.28. The average Bonchev–Trinajstić information content (AvgIpc) is 2.92. The van der Waals surface area contributed by atoms with Crippen molar-refractivity contribution in [3.05, 3.63) is 52.8 Å². The number of benzene rings is 1. The molecule has 0 radical (unpaired) electrons. The molecule has 0 atom stereocenters. The summed E-state index contributed by atoms with van der Waals surface area (Å²) in [4.78, 5) is 18.8. The third kappa shape index (κ3) is 4.91. The van der Waals surface area contributed by atoms with Gasteiger partial charge in [0.25, 0.3) is 5.91 Å². The van der Waals surface area contributed by atoms with Crippen LogP contribution in [0.15, 0.2) is 36.7 Å². The molecular formula is C19H19ClF3N3O. The summed E-state index contributed by atoms with van der Waals surface area (Å²) in [5.74, 6) is -0.646. The Bertz CT molecular complexity index is 818. The van der Waals surface area contributed by atoms with Gasteiger partial charge in [0.1, 0.15) is 0 Å². The minimum atomic E-state index is -4.63. The summed E-state index contributed by atoms with van der Waals surface area (Å²) in [7, 11) is 0. The molecule has 0 spiro atoms. The standard InChI is InChI=1S/C19H19ClF3N3O/c20-14-5-6-17(16(10-14)19(21,22)23)25-18(27)13-9-15(12-24-11-13)26-7-3-1-2-4-8-26/h5-6,9-12H,1-4,7-8H2,(H,25,27). The maximum absolute atomic E-state index is 13.2. The van der Waals surface area contributed by atoms with Crippen LogP contribution in [-0.2, 0) is 6.18 Å². The summed E-state index contributed by atoms with van der Waals surface area (Å²) < 4.78 is 39.6. The zero-order valence-electron chi connectivity index (χ0n) is 14.5. The highest BCUT2D eigenvalue weighted by atomic mass is 35.5. The van der Waals surface area contributed by atoms with E-state index in [0.29, 0.717) is 0 Å². The van der Waals surface area contributed by atoms with E-state index in [-0.39, 0.29) is 16.3 Å². The molecule has 1 N–H and O–H groups in total. The molecule has 144 valence electrons. The van der Waals surface area contributed by atoms with Crippen LogP contribution >= 0.6 is 11.6 Å². The minimum Gasteiger partial charge on any atom is -0.370 e. The Morgan fingerprint density at radius 2 is 1.78 bits per heavy atom. The Morgan fingerprint density at radius 3 is 2.44 bits per heavy atom. The van der Waals surface area contributed by atoms with Gasteiger partial charge in [-0.05, 0) is 37.1 Å². The highest BCUT2D eigenvalue weighted by molar-refractivity contribution is 6.30. The van der Waals surface area contributed by atoms with E-state index in [9.17, 15) is 18.0 Å². The van der Waals surface area contributed by atoms with Crippen LogP contribution in [-0.4, -0.2) is 24.0 Å². The van der Waals surface area contributed by atoms with Crippen molar-refractivity contribution in [2.24, 2.45) is 0 Å². The van der Waals surface area contributed by atoms with Crippen LogP contribution in [0.5, 0.6) is 0 Å². The lowest BCUT2D eigenvalue weighted by Crippen LogP contribution is -2.24. The Balaban J connectivity index is 1.82. The summed E-state index contributed by atoms with van der Waals surface area (Å²) in [5.41, 5.74) is -0.312. The molecule has 2 heterocycles. The lowest BCUT2D eigenvalue weighted by atomic mass is 10.1. The first-order valence-corrected chi connectivity index (χ1v) is 9.10. The molecule has 8 heteroatoms. The van der Waals surface area contributed by atoms with E-state index in [2.05, 4.69) is 15.2 Å². The number of carbonyl (C=O) groups excluding carboxylic acids is 1. The topological polar surface area (TPSA) is 45.2 Å². The number of hydrogen-bond donors (Lipinski definition) is 1. The van der Waals surface area contributed by atoms with Gasteiger partial charge in [0.05, 0.1) is 28.7 Å². The van der Waals surface area contributed by atoms with E-state index in [1.807, 2.05) is 0 Å². The molecule has 27 heavy (non-hydrogen) atoms. The number of nitrogens with one attached hydrogen (secondary N) is 1. The third-order valence-corrected chi connectivity index (χ3v) is 4.73. The molecule has 0 saturated carbocycles. The average molecular weight is 398 g/mol. The van der Waals surface area contributed by atoms with Crippen LogP contribution in [0.3, 0.4) is 0 Å². The first-order chi connectivity index (χ1) is 12.8. The summed E-state index contributed by atoms with van der Waals surface area (Å²) in [6, 6.07) is 4.91. The maximum atomic E-state index is 13.2. The largest absolute Gasteiger partial charge is 0.418 e. The monoisotopic (exact) mass is 397 g/mol. The van der Waals surface area contributed by atoms with Gasteiger partial charge in [0, 0.05) is 24.3 Å². The summed E-state index contributed by atoms with van der Waals surface area (Å²) in [5, 5.41) is 2.28. The van der Waals surface area contributed by atoms with Gasteiger partial charge in [0.2, 0.25) is 0 Å². The zero-order chi connectivity index (χ0) is 19.4. The molecule has 1 aromatic heterocycles. The summed E-state index contributed by atoms with van der Waals surface area (Å²) in [6.45, 7) is 1.75. The lowest BCUT2D eigenvalue weighted by molar-refractivity contribution is -0.136. The molecular weight excluding hydrogens is 379 g/mol. The van der Waals surface area contributed by atoms with Crippen molar-refractivity contribution in [3.63, 3.8) is 0 Å². The second kappa shape index (κ2) is 8.17. The van der Waals surface area contributed by atoms with E-state index < -0.39 is 17.6 Å². The first-order valence-electron chi connectivity index (χ1n) is 8.73.